The SMILES string of the molecule is COc1ccccc1CCNC(=O)C(=O)Nc1ccc(OC)c(N2CCCCS2(=O)=O)c1. The summed E-state index contributed by atoms with van der Waals surface area (Å²) in [6.07, 6.45) is 1.84. The highest BCUT2D eigenvalue weighted by Crippen LogP contribution is 2.35. The van der Waals surface area contributed by atoms with Crippen LogP contribution in [0.4, 0.5) is 11.4 Å². The third kappa shape index (κ3) is 5.50. The molecule has 2 amide bonds. The molecule has 2 aromatic carbocycles. The van der Waals surface area contributed by atoms with Crippen molar-refractivity contribution in [3.63, 3.8) is 0 Å². The Balaban J connectivity index is 1.64. The average molecular weight is 462 g/mol. The molecule has 0 unspecified atom stereocenters. The van der Waals surface area contributed by atoms with E-state index in [1.165, 1.54) is 17.5 Å². The first kappa shape index (κ1) is 23.4. The molecule has 0 bridgehead atoms. The Morgan fingerprint density at radius 1 is 1.00 bits per heavy atom. The lowest BCUT2D eigenvalue weighted by Crippen LogP contribution is -2.38. The standard InChI is InChI=1S/C22H27N3O6S/c1-30-19-8-4-3-7-16(19)11-12-23-21(26)22(27)24-17-9-10-20(31-2)18(15-17)25-13-5-6-14-32(25,28)29/h3-4,7-10,15H,5-6,11-14H2,1-2H3,(H,23,26)(H,24,27). The van der Waals surface area contributed by atoms with Gasteiger partial charge in [0.2, 0.25) is 10.0 Å². The lowest BCUT2D eigenvalue weighted by molar-refractivity contribution is -0.136. The fraction of sp³-hybridized carbons (Fsp3) is 0.364. The fourth-order valence-corrected chi connectivity index (χ4v) is 5.15. The minimum atomic E-state index is -3.46. The van der Waals surface area contributed by atoms with Crippen LogP contribution in [0.3, 0.4) is 0 Å². The van der Waals surface area contributed by atoms with E-state index in [0.717, 1.165) is 12.0 Å². The summed E-state index contributed by atoms with van der Waals surface area (Å²) in [6.45, 7) is 0.589. The van der Waals surface area contributed by atoms with Gasteiger partial charge in [-0.05, 0) is 49.1 Å². The Morgan fingerprint density at radius 2 is 1.75 bits per heavy atom. The van der Waals surface area contributed by atoms with Crippen LogP contribution in [0.15, 0.2) is 42.5 Å². The maximum absolute atomic E-state index is 12.5. The van der Waals surface area contributed by atoms with Gasteiger partial charge in [-0.2, -0.15) is 0 Å². The van der Waals surface area contributed by atoms with Gasteiger partial charge in [-0.15, -0.1) is 0 Å². The van der Waals surface area contributed by atoms with E-state index in [-0.39, 0.29) is 12.3 Å². The molecule has 2 N–H and O–H groups in total. The largest absolute Gasteiger partial charge is 0.496 e. The van der Waals surface area contributed by atoms with Gasteiger partial charge in [0.05, 0.1) is 25.7 Å². The molecule has 172 valence electrons. The average Bonchev–Trinajstić information content (AvgIpc) is 2.79. The summed E-state index contributed by atoms with van der Waals surface area (Å²) in [4.78, 5) is 24.6. The van der Waals surface area contributed by atoms with E-state index in [1.54, 1.807) is 19.2 Å². The molecule has 3 rings (SSSR count). The van der Waals surface area contributed by atoms with Gasteiger partial charge in [-0.1, -0.05) is 18.2 Å². The Labute approximate surface area is 187 Å². The van der Waals surface area contributed by atoms with Crippen molar-refractivity contribution in [2.45, 2.75) is 19.3 Å². The molecule has 0 radical (unpaired) electrons. The second kappa shape index (κ2) is 10.4. The number of amides is 2. The van der Waals surface area contributed by atoms with E-state index in [0.29, 0.717) is 42.3 Å². The van der Waals surface area contributed by atoms with Crippen LogP contribution >= 0.6 is 0 Å². The van der Waals surface area contributed by atoms with Crippen molar-refractivity contribution in [1.82, 2.24) is 5.32 Å². The van der Waals surface area contributed by atoms with Gasteiger partial charge < -0.3 is 20.1 Å². The van der Waals surface area contributed by atoms with E-state index in [2.05, 4.69) is 10.6 Å². The Kier molecular flexibility index (Phi) is 7.57. The number of benzene rings is 2. The minimum absolute atomic E-state index is 0.0569. The number of ether oxygens (including phenoxy) is 2. The van der Waals surface area contributed by atoms with E-state index < -0.39 is 21.8 Å². The summed E-state index contributed by atoms with van der Waals surface area (Å²) in [7, 11) is -0.444. The van der Waals surface area contributed by atoms with Gasteiger partial charge in [-0.25, -0.2) is 8.42 Å². The number of sulfonamides is 1. The number of anilines is 2. The van der Waals surface area contributed by atoms with Crippen LogP contribution in [0.2, 0.25) is 0 Å². The first-order valence-electron chi connectivity index (χ1n) is 10.2. The molecule has 0 spiro atoms. The van der Waals surface area contributed by atoms with Crippen LogP contribution in [0.5, 0.6) is 11.5 Å². The Hall–Kier alpha value is -3.27. The summed E-state index contributed by atoms with van der Waals surface area (Å²) < 4.78 is 36.8. The number of rotatable bonds is 7. The summed E-state index contributed by atoms with van der Waals surface area (Å²) in [6, 6.07) is 12.1. The highest BCUT2D eigenvalue weighted by molar-refractivity contribution is 7.92. The number of hydrogen-bond acceptors (Lipinski definition) is 6. The second-order valence-electron chi connectivity index (χ2n) is 7.25. The molecule has 1 saturated heterocycles. The minimum Gasteiger partial charge on any atom is -0.496 e. The molecular weight excluding hydrogens is 434 g/mol. The maximum Gasteiger partial charge on any atom is 0.313 e. The van der Waals surface area contributed by atoms with Crippen LogP contribution in [0.25, 0.3) is 0 Å². The number of methoxy groups -OCH3 is 2. The molecule has 1 aliphatic rings. The van der Waals surface area contributed by atoms with Gasteiger partial charge in [0.1, 0.15) is 11.5 Å². The smallest absolute Gasteiger partial charge is 0.313 e. The molecule has 1 fully saturated rings. The number of hydrogen-bond donors (Lipinski definition) is 2. The number of nitrogens with zero attached hydrogens (tertiary/aromatic N) is 1. The van der Waals surface area contributed by atoms with Gasteiger partial charge in [0.25, 0.3) is 0 Å². The summed E-state index contributed by atoms with van der Waals surface area (Å²) in [5, 5.41) is 5.10. The molecule has 1 heterocycles. The number of nitrogens with one attached hydrogen (secondary N) is 2. The highest BCUT2D eigenvalue weighted by Gasteiger charge is 2.28. The van der Waals surface area contributed by atoms with Crippen LogP contribution in [-0.2, 0) is 26.0 Å². The molecule has 0 saturated carbocycles. The van der Waals surface area contributed by atoms with Crippen LogP contribution in [0, 0.1) is 0 Å². The van der Waals surface area contributed by atoms with E-state index >= 15 is 0 Å². The third-order valence-corrected chi connectivity index (χ3v) is 6.99. The van der Waals surface area contributed by atoms with Crippen molar-refractivity contribution in [3.05, 3.63) is 48.0 Å². The predicted octanol–water partition coefficient (Wildman–Crippen LogP) is 1.93. The van der Waals surface area contributed by atoms with E-state index in [1.807, 2.05) is 24.3 Å². The lowest BCUT2D eigenvalue weighted by Gasteiger charge is -2.29. The number of carbonyl (C=O) groups is 2. The third-order valence-electron chi connectivity index (χ3n) is 5.13. The molecule has 10 heteroatoms. The maximum atomic E-state index is 12.5. The lowest BCUT2D eigenvalue weighted by atomic mass is 10.1. The van der Waals surface area contributed by atoms with E-state index in [9.17, 15) is 18.0 Å². The molecule has 0 atom stereocenters. The zero-order chi connectivity index (χ0) is 23.1. The zero-order valence-electron chi connectivity index (χ0n) is 18.1. The fourth-order valence-electron chi connectivity index (χ4n) is 3.51. The van der Waals surface area contributed by atoms with Gasteiger partial charge in [-0.3, -0.25) is 13.9 Å². The zero-order valence-corrected chi connectivity index (χ0v) is 18.9. The summed E-state index contributed by atoms with van der Waals surface area (Å²) >= 11 is 0. The van der Waals surface area contributed by atoms with Gasteiger partial charge in [0, 0.05) is 18.8 Å². The first-order valence-corrected chi connectivity index (χ1v) is 11.9. The molecular formula is C22H27N3O6S. The van der Waals surface area contributed by atoms with Crippen LogP contribution in [0.1, 0.15) is 18.4 Å². The molecule has 0 aliphatic carbocycles. The quantitative estimate of drug-likeness (QED) is 0.609. The van der Waals surface area contributed by atoms with Crippen molar-refractivity contribution < 1.29 is 27.5 Å². The Morgan fingerprint density at radius 3 is 2.47 bits per heavy atom. The normalized spacial score (nSPS) is 15.0. The summed E-state index contributed by atoms with van der Waals surface area (Å²) in [5.41, 5.74) is 1.55. The van der Waals surface area contributed by atoms with E-state index in [4.69, 9.17) is 9.47 Å². The van der Waals surface area contributed by atoms with Crippen LogP contribution < -0.4 is 24.4 Å². The second-order valence-corrected chi connectivity index (χ2v) is 9.27. The number of carbonyl (C=O) groups excluding carboxylic acids is 2. The van der Waals surface area contributed by atoms with Crippen molar-refractivity contribution in [2.75, 3.05) is 42.7 Å². The molecule has 2 aromatic rings. The molecule has 9 nitrogen and oxygen atoms in total. The topological polar surface area (TPSA) is 114 Å². The molecule has 1 aliphatic heterocycles. The predicted molar refractivity (Wildman–Crippen MR) is 122 cm³/mol. The molecule has 32 heavy (non-hydrogen) atoms. The molecule has 0 aromatic heterocycles. The monoisotopic (exact) mass is 461 g/mol. The first-order chi connectivity index (χ1) is 15.4. The van der Waals surface area contributed by atoms with Crippen molar-refractivity contribution >= 4 is 33.2 Å². The highest BCUT2D eigenvalue weighted by atomic mass is 32.2. The summed E-state index contributed by atoms with van der Waals surface area (Å²) in [5.74, 6) is -0.494. The van der Waals surface area contributed by atoms with Crippen molar-refractivity contribution in [1.29, 1.82) is 0 Å². The van der Waals surface area contributed by atoms with Gasteiger partial charge >= 0.3 is 11.8 Å². The van der Waals surface area contributed by atoms with Crippen molar-refractivity contribution in [2.24, 2.45) is 0 Å². The van der Waals surface area contributed by atoms with Crippen LogP contribution in [-0.4, -0.2) is 53.3 Å². The van der Waals surface area contributed by atoms with Crippen molar-refractivity contribution in [3.8, 4) is 11.5 Å². The number of para-hydroxylation sites is 1. The van der Waals surface area contributed by atoms with Gasteiger partial charge in [0.15, 0.2) is 0 Å². The Bertz CT molecular complexity index is 1090.